The number of rotatable bonds is 8. The van der Waals surface area contributed by atoms with E-state index >= 15 is 0 Å². The van der Waals surface area contributed by atoms with E-state index in [0.717, 1.165) is 31.2 Å². The molecule has 2 rings (SSSR count). The molecule has 1 aliphatic rings. The average molecular weight is 326 g/mol. The lowest BCUT2D eigenvalue weighted by molar-refractivity contribution is 0.395. The van der Waals surface area contributed by atoms with E-state index in [0.29, 0.717) is 17.1 Å². The van der Waals surface area contributed by atoms with Crippen LogP contribution in [0.5, 0.6) is 0 Å². The number of hydrogen-bond acceptors (Lipinski definition) is 3. The molecule has 0 heterocycles. The van der Waals surface area contributed by atoms with Crippen molar-refractivity contribution in [3.8, 4) is 0 Å². The molecule has 2 N–H and O–H groups in total. The van der Waals surface area contributed by atoms with Gasteiger partial charge in [-0.2, -0.15) is 4.31 Å². The summed E-state index contributed by atoms with van der Waals surface area (Å²) in [6.07, 6.45) is 3.87. The van der Waals surface area contributed by atoms with Crippen molar-refractivity contribution in [2.45, 2.75) is 44.4 Å². The highest BCUT2D eigenvalue weighted by Crippen LogP contribution is 2.30. The lowest BCUT2D eigenvalue weighted by Gasteiger charge is -2.21. The molecule has 4 nitrogen and oxygen atoms in total. The molecule has 1 aromatic carbocycles. The summed E-state index contributed by atoms with van der Waals surface area (Å²) in [6.45, 7) is 2.70. The fourth-order valence-electron chi connectivity index (χ4n) is 2.33. The molecule has 1 aromatic rings. The number of benzene rings is 1. The summed E-state index contributed by atoms with van der Waals surface area (Å²) in [5, 5.41) is 0. The maximum Gasteiger partial charge on any atom is 0.218 e. The van der Waals surface area contributed by atoms with Gasteiger partial charge in [-0.05, 0) is 30.9 Å². The van der Waals surface area contributed by atoms with Crippen LogP contribution in [0.3, 0.4) is 0 Å². The predicted molar refractivity (Wildman–Crippen MR) is 89.6 cm³/mol. The Morgan fingerprint density at radius 2 is 2.14 bits per heavy atom. The molecule has 1 saturated carbocycles. The second-order valence-electron chi connectivity index (χ2n) is 5.52. The first-order valence-corrected chi connectivity index (χ1v) is 9.34. The maximum absolute atomic E-state index is 12.6. The number of unbranched alkanes of at least 4 members (excludes halogenated alkanes) is 1. The van der Waals surface area contributed by atoms with Crippen LogP contribution in [0, 0.1) is 0 Å². The molecule has 116 valence electrons. The molecule has 1 aliphatic carbocycles. The molecule has 0 radical (unpaired) electrons. The van der Waals surface area contributed by atoms with Crippen molar-refractivity contribution in [2.75, 3.05) is 6.54 Å². The van der Waals surface area contributed by atoms with E-state index in [1.807, 2.05) is 6.07 Å². The van der Waals surface area contributed by atoms with E-state index in [1.54, 1.807) is 22.5 Å². The average Bonchev–Trinajstić information content (AvgIpc) is 3.23. The summed E-state index contributed by atoms with van der Waals surface area (Å²) in [7, 11) is -3.28. The highest BCUT2D eigenvalue weighted by molar-refractivity contribution is 7.88. The first-order chi connectivity index (χ1) is 9.94. The van der Waals surface area contributed by atoms with Crippen LogP contribution in [0.2, 0.25) is 0 Å². The molecule has 0 aliphatic heterocycles. The van der Waals surface area contributed by atoms with E-state index in [2.05, 4.69) is 6.92 Å². The quantitative estimate of drug-likeness (QED) is 0.745. The number of nitrogens with zero attached hydrogens (tertiary/aromatic N) is 1. The molecule has 0 saturated heterocycles. The van der Waals surface area contributed by atoms with Gasteiger partial charge in [0, 0.05) is 18.2 Å². The zero-order valence-electron chi connectivity index (χ0n) is 12.3. The van der Waals surface area contributed by atoms with Crippen LogP contribution in [-0.2, 0) is 15.8 Å². The molecule has 6 heteroatoms. The monoisotopic (exact) mass is 326 g/mol. The van der Waals surface area contributed by atoms with E-state index in [4.69, 9.17) is 18.0 Å². The maximum atomic E-state index is 12.6. The van der Waals surface area contributed by atoms with E-state index in [9.17, 15) is 8.42 Å². The van der Waals surface area contributed by atoms with Gasteiger partial charge >= 0.3 is 0 Å². The SMILES string of the molecule is CCCCN(C1CC1)S(=O)(=O)Cc1cccc(C(N)=S)c1. The Morgan fingerprint density at radius 3 is 2.71 bits per heavy atom. The van der Waals surface area contributed by atoms with Gasteiger partial charge in [-0.3, -0.25) is 0 Å². The number of nitrogens with two attached hydrogens (primary N) is 1. The Balaban J connectivity index is 2.15. The zero-order chi connectivity index (χ0) is 15.5. The Hall–Kier alpha value is -0.980. The van der Waals surface area contributed by atoms with Gasteiger partial charge in [-0.1, -0.05) is 43.8 Å². The smallest absolute Gasteiger partial charge is 0.218 e. The summed E-state index contributed by atoms with van der Waals surface area (Å²) in [5.41, 5.74) is 7.05. The van der Waals surface area contributed by atoms with Gasteiger partial charge in [0.05, 0.1) is 5.75 Å². The molecule has 1 fully saturated rings. The molecule has 0 atom stereocenters. The van der Waals surface area contributed by atoms with Gasteiger partial charge in [0.15, 0.2) is 0 Å². The fraction of sp³-hybridized carbons (Fsp3) is 0.533. The Labute approximate surface area is 132 Å². The lowest BCUT2D eigenvalue weighted by atomic mass is 10.1. The number of thiocarbonyl (C=S) groups is 1. The van der Waals surface area contributed by atoms with Crippen molar-refractivity contribution >= 4 is 27.2 Å². The third-order valence-electron chi connectivity index (χ3n) is 3.60. The normalized spacial score (nSPS) is 15.3. The minimum absolute atomic E-state index is 0.0175. The van der Waals surface area contributed by atoms with Gasteiger partial charge in [0.1, 0.15) is 4.99 Å². The standard InChI is InChI=1S/C15H22N2O2S2/c1-2-3-9-17(14-7-8-14)21(18,19)11-12-5-4-6-13(10-12)15(16)20/h4-6,10,14H,2-3,7-9,11H2,1H3,(H2,16,20). The van der Waals surface area contributed by atoms with Crippen molar-refractivity contribution < 1.29 is 8.42 Å². The summed E-state index contributed by atoms with van der Waals surface area (Å²) in [5.74, 6) is 0.0175. The van der Waals surface area contributed by atoms with Crippen molar-refractivity contribution in [3.63, 3.8) is 0 Å². The lowest BCUT2D eigenvalue weighted by Crippen LogP contribution is -2.35. The van der Waals surface area contributed by atoms with Crippen LogP contribution in [0.15, 0.2) is 24.3 Å². The van der Waals surface area contributed by atoms with Gasteiger partial charge in [0.25, 0.3) is 0 Å². The molecule has 0 spiro atoms. The topological polar surface area (TPSA) is 63.4 Å². The number of sulfonamides is 1. The summed E-state index contributed by atoms with van der Waals surface area (Å²) in [4.78, 5) is 0.291. The summed E-state index contributed by atoms with van der Waals surface area (Å²) >= 11 is 4.94. The third kappa shape index (κ3) is 4.49. The zero-order valence-corrected chi connectivity index (χ0v) is 13.9. The summed E-state index contributed by atoms with van der Waals surface area (Å²) < 4.78 is 26.9. The van der Waals surface area contributed by atoms with Gasteiger partial charge in [-0.15, -0.1) is 0 Å². The van der Waals surface area contributed by atoms with Crippen LogP contribution in [0.25, 0.3) is 0 Å². The molecule has 0 aromatic heterocycles. The van der Waals surface area contributed by atoms with Gasteiger partial charge < -0.3 is 5.73 Å². The molecule has 0 amide bonds. The largest absolute Gasteiger partial charge is 0.389 e. The van der Waals surface area contributed by atoms with Crippen molar-refractivity contribution in [3.05, 3.63) is 35.4 Å². The second-order valence-corrected chi connectivity index (χ2v) is 7.88. The van der Waals surface area contributed by atoms with Crippen LogP contribution in [0.4, 0.5) is 0 Å². The molecule has 21 heavy (non-hydrogen) atoms. The van der Waals surface area contributed by atoms with Gasteiger partial charge in [0.2, 0.25) is 10.0 Å². The molecular weight excluding hydrogens is 304 g/mol. The summed E-state index contributed by atoms with van der Waals surface area (Å²) in [6, 6.07) is 7.39. The fourth-order valence-corrected chi connectivity index (χ4v) is 4.30. The van der Waals surface area contributed by atoms with Crippen molar-refractivity contribution in [1.29, 1.82) is 0 Å². The highest BCUT2D eigenvalue weighted by atomic mass is 32.2. The molecular formula is C15H22N2O2S2. The first kappa shape index (κ1) is 16.4. The minimum Gasteiger partial charge on any atom is -0.389 e. The highest BCUT2D eigenvalue weighted by Gasteiger charge is 2.36. The Morgan fingerprint density at radius 1 is 1.43 bits per heavy atom. The van der Waals surface area contributed by atoms with E-state index in [1.165, 1.54) is 0 Å². The molecule has 0 bridgehead atoms. The second kappa shape index (κ2) is 6.85. The molecule has 0 unspecified atom stereocenters. The van der Waals surface area contributed by atoms with Crippen LogP contribution >= 0.6 is 12.2 Å². The third-order valence-corrected chi connectivity index (χ3v) is 5.73. The van der Waals surface area contributed by atoms with Gasteiger partial charge in [-0.25, -0.2) is 8.42 Å². The van der Waals surface area contributed by atoms with Crippen molar-refractivity contribution in [1.82, 2.24) is 4.31 Å². The number of hydrogen-bond donors (Lipinski definition) is 1. The minimum atomic E-state index is -3.28. The van der Waals surface area contributed by atoms with Crippen LogP contribution in [0.1, 0.15) is 43.7 Å². The van der Waals surface area contributed by atoms with Crippen LogP contribution < -0.4 is 5.73 Å². The Bertz CT molecular complexity index is 610. The van der Waals surface area contributed by atoms with Crippen molar-refractivity contribution in [2.24, 2.45) is 5.73 Å². The predicted octanol–water partition coefficient (Wildman–Crippen LogP) is 2.42. The van der Waals surface area contributed by atoms with E-state index in [-0.39, 0.29) is 11.8 Å². The first-order valence-electron chi connectivity index (χ1n) is 7.32. The van der Waals surface area contributed by atoms with Crippen LogP contribution in [-0.4, -0.2) is 30.3 Å². The van der Waals surface area contributed by atoms with E-state index < -0.39 is 10.0 Å². The Kier molecular flexibility index (Phi) is 5.35.